The van der Waals surface area contributed by atoms with Crippen LogP contribution in [0.4, 0.5) is 4.79 Å². The summed E-state index contributed by atoms with van der Waals surface area (Å²) >= 11 is 0. The van der Waals surface area contributed by atoms with Crippen LogP contribution >= 0.6 is 0 Å². The lowest BCUT2D eigenvalue weighted by atomic mass is 10.0. The predicted octanol–water partition coefficient (Wildman–Crippen LogP) is 1.87. The van der Waals surface area contributed by atoms with Crippen LogP contribution in [0.1, 0.15) is 22.7 Å². The quantitative estimate of drug-likeness (QED) is 0.841. The molecule has 3 amide bonds. The van der Waals surface area contributed by atoms with E-state index in [-0.39, 0.29) is 23.9 Å². The highest BCUT2D eigenvalue weighted by atomic mass is 32.2. The lowest BCUT2D eigenvalue weighted by Crippen LogP contribution is -2.55. The van der Waals surface area contributed by atoms with E-state index in [0.717, 1.165) is 11.1 Å². The number of nitrogens with one attached hydrogen (secondary N) is 2. The number of hydrogen-bond donors (Lipinski definition) is 2. The van der Waals surface area contributed by atoms with E-state index in [4.69, 9.17) is 0 Å². The summed E-state index contributed by atoms with van der Waals surface area (Å²) in [4.78, 5) is 26.3. The molecule has 142 valence electrons. The van der Waals surface area contributed by atoms with E-state index in [2.05, 4.69) is 10.0 Å². The molecular weight excluding hydrogens is 366 g/mol. The standard InChI is InChI=1S/C19H21N3O4S/c1-13-3-7-15(8-4-13)17-18(23)20-11-12-22(17)19(24)21-27(25,26)16-9-5-14(2)6-10-16/h3-10,17H,11-12H2,1-2H3,(H,20,23)(H,21,24). The van der Waals surface area contributed by atoms with Crippen molar-refractivity contribution in [3.8, 4) is 0 Å². The molecule has 0 aromatic heterocycles. The summed E-state index contributed by atoms with van der Waals surface area (Å²) in [5.41, 5.74) is 2.56. The van der Waals surface area contributed by atoms with Crippen molar-refractivity contribution in [2.24, 2.45) is 0 Å². The van der Waals surface area contributed by atoms with Crippen LogP contribution in [-0.2, 0) is 14.8 Å². The Bertz CT molecular complexity index is 953. The molecule has 1 unspecified atom stereocenters. The maximum absolute atomic E-state index is 12.7. The zero-order valence-electron chi connectivity index (χ0n) is 15.1. The fraction of sp³-hybridized carbons (Fsp3) is 0.263. The Labute approximate surface area is 158 Å². The number of carbonyl (C=O) groups is 2. The zero-order chi connectivity index (χ0) is 19.6. The maximum atomic E-state index is 12.7. The Kier molecular flexibility index (Phi) is 5.18. The zero-order valence-corrected chi connectivity index (χ0v) is 15.9. The van der Waals surface area contributed by atoms with Crippen molar-refractivity contribution in [1.29, 1.82) is 0 Å². The van der Waals surface area contributed by atoms with Gasteiger partial charge in [0.05, 0.1) is 4.90 Å². The molecule has 2 aromatic rings. The first kappa shape index (κ1) is 18.9. The fourth-order valence-corrected chi connectivity index (χ4v) is 3.88. The molecule has 0 saturated carbocycles. The highest BCUT2D eigenvalue weighted by Crippen LogP contribution is 2.24. The van der Waals surface area contributed by atoms with E-state index < -0.39 is 22.1 Å². The Morgan fingerprint density at radius 3 is 2.19 bits per heavy atom. The largest absolute Gasteiger partial charge is 0.352 e. The summed E-state index contributed by atoms with van der Waals surface area (Å²) in [6.07, 6.45) is 0. The van der Waals surface area contributed by atoms with E-state index in [1.807, 2.05) is 26.0 Å². The molecule has 0 aliphatic carbocycles. The number of aryl methyl sites for hydroxylation is 2. The van der Waals surface area contributed by atoms with Crippen LogP contribution in [-0.4, -0.2) is 38.3 Å². The number of benzene rings is 2. The molecule has 3 rings (SSSR count). The number of amides is 3. The highest BCUT2D eigenvalue weighted by Gasteiger charge is 2.36. The Morgan fingerprint density at radius 1 is 1.04 bits per heavy atom. The molecule has 0 radical (unpaired) electrons. The van der Waals surface area contributed by atoms with Gasteiger partial charge in [-0.05, 0) is 31.5 Å². The Morgan fingerprint density at radius 2 is 1.59 bits per heavy atom. The smallest absolute Gasteiger partial charge is 0.332 e. The summed E-state index contributed by atoms with van der Waals surface area (Å²) in [7, 11) is -4.03. The Balaban J connectivity index is 1.85. The van der Waals surface area contributed by atoms with Crippen LogP contribution < -0.4 is 10.0 Å². The SMILES string of the molecule is Cc1ccc(C2C(=O)NCCN2C(=O)NS(=O)(=O)c2ccc(C)cc2)cc1. The van der Waals surface area contributed by atoms with Gasteiger partial charge >= 0.3 is 6.03 Å². The van der Waals surface area contributed by atoms with Gasteiger partial charge in [-0.3, -0.25) is 4.79 Å². The van der Waals surface area contributed by atoms with Gasteiger partial charge in [0, 0.05) is 13.1 Å². The summed E-state index contributed by atoms with van der Waals surface area (Å²) < 4.78 is 27.1. The van der Waals surface area contributed by atoms with Gasteiger partial charge in [-0.1, -0.05) is 47.5 Å². The maximum Gasteiger partial charge on any atom is 0.332 e. The van der Waals surface area contributed by atoms with Crippen molar-refractivity contribution < 1.29 is 18.0 Å². The molecule has 1 atom stereocenters. The van der Waals surface area contributed by atoms with E-state index in [1.165, 1.54) is 17.0 Å². The number of carbonyl (C=O) groups excluding carboxylic acids is 2. The van der Waals surface area contributed by atoms with Gasteiger partial charge in [-0.25, -0.2) is 17.9 Å². The van der Waals surface area contributed by atoms with Crippen molar-refractivity contribution >= 4 is 22.0 Å². The first-order valence-corrected chi connectivity index (χ1v) is 10.0. The van der Waals surface area contributed by atoms with Gasteiger partial charge < -0.3 is 10.2 Å². The van der Waals surface area contributed by atoms with Crippen LogP contribution in [0.15, 0.2) is 53.4 Å². The van der Waals surface area contributed by atoms with E-state index in [0.29, 0.717) is 5.56 Å². The van der Waals surface area contributed by atoms with Gasteiger partial charge in [0.15, 0.2) is 0 Å². The molecular formula is C19H21N3O4S. The number of rotatable bonds is 3. The highest BCUT2D eigenvalue weighted by molar-refractivity contribution is 7.90. The van der Waals surface area contributed by atoms with E-state index in [1.54, 1.807) is 24.3 Å². The number of hydrogen-bond acceptors (Lipinski definition) is 4. The minimum absolute atomic E-state index is 0.00482. The molecule has 8 heteroatoms. The lowest BCUT2D eigenvalue weighted by Gasteiger charge is -2.35. The van der Waals surface area contributed by atoms with Gasteiger partial charge in [0.2, 0.25) is 5.91 Å². The average Bonchev–Trinajstić information content (AvgIpc) is 2.62. The average molecular weight is 387 g/mol. The first-order valence-electron chi connectivity index (χ1n) is 8.52. The molecule has 0 spiro atoms. The predicted molar refractivity (Wildman–Crippen MR) is 101 cm³/mol. The molecule has 1 fully saturated rings. The van der Waals surface area contributed by atoms with Crippen LogP contribution in [0, 0.1) is 13.8 Å². The molecule has 1 aliphatic rings. The van der Waals surface area contributed by atoms with Crippen LogP contribution in [0.3, 0.4) is 0 Å². The van der Waals surface area contributed by atoms with Crippen molar-refractivity contribution in [3.63, 3.8) is 0 Å². The fourth-order valence-electron chi connectivity index (χ4n) is 2.92. The summed E-state index contributed by atoms with van der Waals surface area (Å²) in [6, 6.07) is 11.7. The first-order chi connectivity index (χ1) is 12.8. The van der Waals surface area contributed by atoms with Crippen molar-refractivity contribution in [3.05, 3.63) is 65.2 Å². The minimum Gasteiger partial charge on any atom is -0.352 e. The number of sulfonamides is 1. The summed E-state index contributed by atoms with van der Waals surface area (Å²) in [6.45, 7) is 4.23. The van der Waals surface area contributed by atoms with Gasteiger partial charge in [0.1, 0.15) is 6.04 Å². The second-order valence-corrected chi connectivity index (χ2v) is 8.20. The third-order valence-corrected chi connectivity index (χ3v) is 5.75. The summed E-state index contributed by atoms with van der Waals surface area (Å²) in [5, 5.41) is 2.72. The van der Waals surface area contributed by atoms with Crippen LogP contribution in [0.2, 0.25) is 0 Å². The number of urea groups is 1. The molecule has 0 bridgehead atoms. The van der Waals surface area contributed by atoms with Crippen molar-refractivity contribution in [2.45, 2.75) is 24.8 Å². The van der Waals surface area contributed by atoms with Crippen molar-refractivity contribution in [1.82, 2.24) is 14.9 Å². The minimum atomic E-state index is -4.03. The second-order valence-electron chi connectivity index (χ2n) is 6.52. The topological polar surface area (TPSA) is 95.6 Å². The second kappa shape index (κ2) is 7.40. The molecule has 1 saturated heterocycles. The number of nitrogens with zero attached hydrogens (tertiary/aromatic N) is 1. The normalized spacial score (nSPS) is 17.3. The molecule has 1 aliphatic heterocycles. The third-order valence-electron chi connectivity index (χ3n) is 4.42. The van der Waals surface area contributed by atoms with Gasteiger partial charge in [0.25, 0.3) is 10.0 Å². The molecule has 27 heavy (non-hydrogen) atoms. The molecule has 2 N–H and O–H groups in total. The van der Waals surface area contributed by atoms with E-state index in [9.17, 15) is 18.0 Å². The monoisotopic (exact) mass is 387 g/mol. The van der Waals surface area contributed by atoms with Crippen molar-refractivity contribution in [2.75, 3.05) is 13.1 Å². The lowest BCUT2D eigenvalue weighted by molar-refractivity contribution is -0.127. The molecule has 1 heterocycles. The molecule has 2 aromatic carbocycles. The number of piperazine rings is 1. The van der Waals surface area contributed by atoms with Gasteiger partial charge in [-0.2, -0.15) is 0 Å². The van der Waals surface area contributed by atoms with Crippen LogP contribution in [0.5, 0.6) is 0 Å². The summed E-state index contributed by atoms with van der Waals surface area (Å²) in [5.74, 6) is -0.340. The molecule has 7 nitrogen and oxygen atoms in total. The van der Waals surface area contributed by atoms with Crippen LogP contribution in [0.25, 0.3) is 0 Å². The van der Waals surface area contributed by atoms with E-state index >= 15 is 0 Å². The Hall–Kier alpha value is -2.87. The third kappa shape index (κ3) is 4.11. The van der Waals surface area contributed by atoms with Gasteiger partial charge in [-0.15, -0.1) is 0 Å².